The molecule has 7 nitrogen and oxygen atoms in total. The minimum absolute atomic E-state index is 0.0790. The molecule has 21 heavy (non-hydrogen) atoms. The molecular formula is C13H25N3O4S. The lowest BCUT2D eigenvalue weighted by atomic mass is 10.2. The number of fused-ring (bicyclic) bond motifs is 1. The summed E-state index contributed by atoms with van der Waals surface area (Å²) in [4.78, 5) is 13.6. The molecule has 2 aliphatic rings. The molecule has 122 valence electrons. The largest absolute Gasteiger partial charge is 0.469 e. The van der Waals surface area contributed by atoms with Crippen molar-refractivity contribution in [3.8, 4) is 0 Å². The Balaban J connectivity index is 1.98. The number of hydrogen-bond donors (Lipinski definition) is 0. The zero-order valence-corrected chi connectivity index (χ0v) is 13.6. The van der Waals surface area contributed by atoms with Gasteiger partial charge in [0, 0.05) is 32.7 Å². The van der Waals surface area contributed by atoms with E-state index < -0.39 is 16.2 Å². The van der Waals surface area contributed by atoms with Crippen molar-refractivity contribution in [2.45, 2.75) is 31.7 Å². The molecule has 0 spiro atoms. The number of ether oxygens (including phenoxy) is 1. The van der Waals surface area contributed by atoms with E-state index in [0.717, 1.165) is 32.4 Å². The van der Waals surface area contributed by atoms with Gasteiger partial charge in [0.1, 0.15) is 0 Å². The molecule has 1 unspecified atom stereocenters. The normalized spacial score (nSPS) is 24.8. The fraction of sp³-hybridized carbons (Fsp3) is 0.923. The van der Waals surface area contributed by atoms with Crippen molar-refractivity contribution in [2.24, 2.45) is 0 Å². The van der Waals surface area contributed by atoms with E-state index in [2.05, 4.69) is 9.64 Å². The van der Waals surface area contributed by atoms with Crippen LogP contribution in [-0.4, -0.2) is 80.8 Å². The Hall–Kier alpha value is -0.700. The number of hydrogen-bond acceptors (Lipinski definition) is 5. The summed E-state index contributed by atoms with van der Waals surface area (Å²) in [6.45, 7) is 3.32. The molecule has 8 heteroatoms. The molecular weight excluding hydrogens is 294 g/mol. The maximum absolute atomic E-state index is 12.6. The molecule has 0 N–H and O–H groups in total. The summed E-state index contributed by atoms with van der Waals surface area (Å²) < 4.78 is 32.6. The molecule has 0 radical (unpaired) electrons. The number of carbonyl (C=O) groups excluding carboxylic acids is 1. The van der Waals surface area contributed by atoms with Crippen molar-refractivity contribution in [3.63, 3.8) is 0 Å². The van der Waals surface area contributed by atoms with Crippen molar-refractivity contribution in [1.29, 1.82) is 0 Å². The average Bonchev–Trinajstić information content (AvgIpc) is 2.80. The molecule has 0 amide bonds. The topological polar surface area (TPSA) is 70.2 Å². The molecule has 2 rings (SSSR count). The summed E-state index contributed by atoms with van der Waals surface area (Å²) >= 11 is 0. The van der Waals surface area contributed by atoms with Crippen molar-refractivity contribution in [2.75, 3.05) is 46.9 Å². The number of rotatable bonds is 5. The van der Waals surface area contributed by atoms with E-state index in [1.165, 1.54) is 18.5 Å². The quantitative estimate of drug-likeness (QED) is 0.662. The van der Waals surface area contributed by atoms with Gasteiger partial charge in [0.15, 0.2) is 0 Å². The molecule has 0 aliphatic carbocycles. The van der Waals surface area contributed by atoms with E-state index in [0.29, 0.717) is 19.1 Å². The van der Waals surface area contributed by atoms with Gasteiger partial charge in [-0.1, -0.05) is 0 Å². The van der Waals surface area contributed by atoms with Gasteiger partial charge < -0.3 is 4.74 Å². The van der Waals surface area contributed by atoms with Crippen LogP contribution in [0.25, 0.3) is 0 Å². The Morgan fingerprint density at radius 1 is 1.29 bits per heavy atom. The second-order valence-corrected chi connectivity index (χ2v) is 7.73. The van der Waals surface area contributed by atoms with Crippen molar-refractivity contribution < 1.29 is 17.9 Å². The fourth-order valence-corrected chi connectivity index (χ4v) is 4.48. The van der Waals surface area contributed by atoms with Crippen LogP contribution in [0.1, 0.15) is 25.7 Å². The highest BCUT2D eigenvalue weighted by Gasteiger charge is 2.35. The number of esters is 1. The van der Waals surface area contributed by atoms with Crippen LogP contribution in [0.2, 0.25) is 0 Å². The van der Waals surface area contributed by atoms with Gasteiger partial charge in [0.2, 0.25) is 0 Å². The Morgan fingerprint density at radius 2 is 2.00 bits per heavy atom. The van der Waals surface area contributed by atoms with E-state index in [9.17, 15) is 13.2 Å². The highest BCUT2D eigenvalue weighted by molar-refractivity contribution is 7.86. The van der Waals surface area contributed by atoms with Crippen molar-refractivity contribution in [3.05, 3.63) is 0 Å². The maximum atomic E-state index is 12.6. The second-order valence-electron chi connectivity index (χ2n) is 5.70. The second kappa shape index (κ2) is 7.04. The number of carbonyl (C=O) groups is 1. The lowest BCUT2D eigenvalue weighted by molar-refractivity contribution is -0.140. The van der Waals surface area contributed by atoms with Crippen LogP contribution >= 0.6 is 0 Å². The molecule has 2 saturated heterocycles. The van der Waals surface area contributed by atoms with Gasteiger partial charge in [-0.3, -0.25) is 9.69 Å². The molecule has 0 saturated carbocycles. The van der Waals surface area contributed by atoms with Gasteiger partial charge >= 0.3 is 5.97 Å². The highest BCUT2D eigenvalue weighted by atomic mass is 32.2. The van der Waals surface area contributed by atoms with Gasteiger partial charge in [-0.15, -0.1) is 0 Å². The average molecular weight is 319 g/mol. The first-order valence-electron chi connectivity index (χ1n) is 7.47. The monoisotopic (exact) mass is 319 g/mol. The zero-order valence-electron chi connectivity index (χ0n) is 12.8. The van der Waals surface area contributed by atoms with Crippen LogP contribution in [-0.2, 0) is 19.7 Å². The molecule has 0 aromatic carbocycles. The lowest BCUT2D eigenvalue weighted by Gasteiger charge is -2.28. The Labute approximate surface area is 127 Å². The zero-order chi connectivity index (χ0) is 15.5. The van der Waals surface area contributed by atoms with Crippen LogP contribution in [0.5, 0.6) is 0 Å². The highest BCUT2D eigenvalue weighted by Crippen LogP contribution is 2.23. The first-order valence-corrected chi connectivity index (χ1v) is 8.87. The fourth-order valence-electron chi connectivity index (χ4n) is 3.05. The van der Waals surface area contributed by atoms with Crippen LogP contribution < -0.4 is 0 Å². The minimum atomic E-state index is -3.50. The first-order chi connectivity index (χ1) is 9.95. The third-order valence-electron chi connectivity index (χ3n) is 4.34. The molecule has 2 fully saturated rings. The van der Waals surface area contributed by atoms with Gasteiger partial charge in [-0.05, 0) is 32.4 Å². The molecule has 2 heterocycles. The van der Waals surface area contributed by atoms with Gasteiger partial charge in [-0.25, -0.2) is 0 Å². The Bertz CT molecular complexity index is 468. The Kier molecular flexibility index (Phi) is 5.59. The van der Waals surface area contributed by atoms with Crippen LogP contribution in [0.15, 0.2) is 0 Å². The summed E-state index contributed by atoms with van der Waals surface area (Å²) in [5, 5.41) is 0. The molecule has 0 aromatic heterocycles. The SMILES string of the molecule is COC(=O)CCN(C)S(=O)(=O)N1CCCN2CCCC2C1. The minimum Gasteiger partial charge on any atom is -0.469 e. The molecule has 0 bridgehead atoms. The summed E-state index contributed by atoms with van der Waals surface area (Å²) in [6.07, 6.45) is 3.16. The smallest absolute Gasteiger partial charge is 0.306 e. The lowest BCUT2D eigenvalue weighted by Crippen LogP contribution is -2.46. The van der Waals surface area contributed by atoms with Crippen LogP contribution in [0, 0.1) is 0 Å². The van der Waals surface area contributed by atoms with E-state index in [1.807, 2.05) is 0 Å². The van der Waals surface area contributed by atoms with Crippen LogP contribution in [0.4, 0.5) is 0 Å². The van der Waals surface area contributed by atoms with Crippen molar-refractivity contribution in [1.82, 2.24) is 13.5 Å². The third kappa shape index (κ3) is 3.94. The molecule has 0 aromatic rings. The van der Waals surface area contributed by atoms with Gasteiger partial charge in [0.25, 0.3) is 10.2 Å². The number of nitrogens with zero attached hydrogens (tertiary/aromatic N) is 3. The third-order valence-corrected chi connectivity index (χ3v) is 6.30. The predicted octanol–water partition coefficient (Wildman–Crippen LogP) is -0.104. The summed E-state index contributed by atoms with van der Waals surface area (Å²) in [6, 6.07) is 0.344. The van der Waals surface area contributed by atoms with E-state index in [4.69, 9.17) is 0 Å². The summed E-state index contributed by atoms with van der Waals surface area (Å²) in [7, 11) is -0.666. The van der Waals surface area contributed by atoms with Gasteiger partial charge in [0.05, 0.1) is 13.5 Å². The van der Waals surface area contributed by atoms with E-state index in [1.54, 1.807) is 4.31 Å². The molecule has 2 aliphatic heterocycles. The Morgan fingerprint density at radius 3 is 2.71 bits per heavy atom. The van der Waals surface area contributed by atoms with Gasteiger partial charge in [-0.2, -0.15) is 17.0 Å². The molecule has 1 atom stereocenters. The van der Waals surface area contributed by atoms with E-state index >= 15 is 0 Å². The van der Waals surface area contributed by atoms with Crippen LogP contribution in [0.3, 0.4) is 0 Å². The van der Waals surface area contributed by atoms with E-state index in [-0.39, 0.29) is 13.0 Å². The maximum Gasteiger partial charge on any atom is 0.306 e. The standard InChI is InChI=1S/C13H25N3O4S/c1-14(10-6-13(17)20-2)21(18,19)16-9-4-8-15-7-3-5-12(15)11-16/h12H,3-11H2,1-2H3. The predicted molar refractivity (Wildman–Crippen MR) is 79.0 cm³/mol. The number of methoxy groups -OCH3 is 1. The summed E-state index contributed by atoms with van der Waals surface area (Å²) in [5.74, 6) is -0.394. The first kappa shape index (κ1) is 16.7. The summed E-state index contributed by atoms with van der Waals surface area (Å²) in [5.41, 5.74) is 0. The van der Waals surface area contributed by atoms with Crippen molar-refractivity contribution >= 4 is 16.2 Å².